The summed E-state index contributed by atoms with van der Waals surface area (Å²) in [4.78, 5) is 16.2. The van der Waals surface area contributed by atoms with Gasteiger partial charge in [-0.1, -0.05) is 0 Å². The molecule has 82 valence electrons. The van der Waals surface area contributed by atoms with Crippen LogP contribution in [0.5, 0.6) is 0 Å². The van der Waals surface area contributed by atoms with Gasteiger partial charge in [0, 0.05) is 18.2 Å². The van der Waals surface area contributed by atoms with Gasteiger partial charge in [-0.05, 0) is 25.7 Å². The summed E-state index contributed by atoms with van der Waals surface area (Å²) >= 11 is 1.55. The van der Waals surface area contributed by atoms with Crippen LogP contribution < -0.4 is 0 Å². The molecule has 0 aliphatic heterocycles. The van der Waals surface area contributed by atoms with Gasteiger partial charge in [0.2, 0.25) is 0 Å². The molecule has 1 fully saturated rings. The van der Waals surface area contributed by atoms with E-state index in [0.29, 0.717) is 12.3 Å². The summed E-state index contributed by atoms with van der Waals surface area (Å²) in [5.41, 5.74) is 0.989. The molecule has 0 bridgehead atoms. The molecule has 15 heavy (non-hydrogen) atoms. The zero-order valence-electron chi connectivity index (χ0n) is 9.03. The number of aromatic nitrogens is 1. The molecular formula is C11H15NO2S. The summed E-state index contributed by atoms with van der Waals surface area (Å²) in [5.74, 6) is 0.637. The number of ketones is 1. The Morgan fingerprint density at radius 2 is 2.47 bits per heavy atom. The first-order chi connectivity index (χ1) is 7.20. The Balaban J connectivity index is 1.95. The molecule has 4 heteroatoms. The Labute approximate surface area is 93.5 Å². The molecule has 1 aliphatic rings. The topological polar surface area (TPSA) is 39.2 Å². The van der Waals surface area contributed by atoms with E-state index < -0.39 is 0 Å². The van der Waals surface area contributed by atoms with Gasteiger partial charge in [-0.3, -0.25) is 4.79 Å². The van der Waals surface area contributed by atoms with Crippen molar-refractivity contribution in [3.05, 3.63) is 16.1 Å². The summed E-state index contributed by atoms with van der Waals surface area (Å²) in [5, 5.41) is 2.88. The number of thiazole rings is 1. The third-order valence-electron chi connectivity index (χ3n) is 2.61. The Morgan fingerprint density at radius 1 is 1.73 bits per heavy atom. The highest BCUT2D eigenvalue weighted by Gasteiger charge is 2.36. The van der Waals surface area contributed by atoms with Crippen molar-refractivity contribution in [2.45, 2.75) is 32.3 Å². The zero-order chi connectivity index (χ0) is 10.8. The molecule has 1 aliphatic carbocycles. The molecule has 2 rings (SSSR count). The standard InChI is InChI=1S/C11H15NO2S/c1-7-6-15-10(12-7)5-9(13)11(14-2)8-3-4-8/h6,8,11H,3-5H2,1-2H3. The zero-order valence-corrected chi connectivity index (χ0v) is 9.84. The first-order valence-electron chi connectivity index (χ1n) is 5.17. The van der Waals surface area contributed by atoms with Crippen molar-refractivity contribution in [3.8, 4) is 0 Å². The summed E-state index contributed by atoms with van der Waals surface area (Å²) in [6, 6.07) is 0. The van der Waals surface area contributed by atoms with Crippen LogP contribution in [0.3, 0.4) is 0 Å². The van der Waals surface area contributed by atoms with Crippen LogP contribution in [0, 0.1) is 12.8 Å². The summed E-state index contributed by atoms with van der Waals surface area (Å²) in [6.07, 6.45) is 2.48. The molecule has 3 nitrogen and oxygen atoms in total. The molecule has 0 radical (unpaired) electrons. The van der Waals surface area contributed by atoms with E-state index >= 15 is 0 Å². The lowest BCUT2D eigenvalue weighted by molar-refractivity contribution is -0.129. The fourth-order valence-corrected chi connectivity index (χ4v) is 2.50. The van der Waals surface area contributed by atoms with Crippen LogP contribution in [0.1, 0.15) is 23.5 Å². The Hall–Kier alpha value is -0.740. The van der Waals surface area contributed by atoms with Crippen molar-refractivity contribution < 1.29 is 9.53 Å². The van der Waals surface area contributed by atoms with Gasteiger partial charge in [0.1, 0.15) is 11.1 Å². The van der Waals surface area contributed by atoms with Crippen LogP contribution in [-0.2, 0) is 16.0 Å². The van der Waals surface area contributed by atoms with Crippen LogP contribution in [-0.4, -0.2) is 24.0 Å². The van der Waals surface area contributed by atoms with E-state index in [1.807, 2.05) is 12.3 Å². The van der Waals surface area contributed by atoms with Crippen molar-refractivity contribution in [1.29, 1.82) is 0 Å². The minimum atomic E-state index is -0.200. The highest BCUT2D eigenvalue weighted by atomic mass is 32.1. The number of hydrogen-bond acceptors (Lipinski definition) is 4. The van der Waals surface area contributed by atoms with Crippen molar-refractivity contribution in [1.82, 2.24) is 4.98 Å². The van der Waals surface area contributed by atoms with Gasteiger partial charge in [0.25, 0.3) is 0 Å². The molecule has 1 atom stereocenters. The number of carbonyl (C=O) groups is 1. The second-order valence-electron chi connectivity index (χ2n) is 4.02. The lowest BCUT2D eigenvalue weighted by atomic mass is 10.1. The first kappa shape index (κ1) is 10.8. The fraction of sp³-hybridized carbons (Fsp3) is 0.636. The monoisotopic (exact) mass is 225 g/mol. The molecule has 1 aromatic rings. The number of ether oxygens (including phenoxy) is 1. The van der Waals surface area contributed by atoms with Gasteiger partial charge in [-0.15, -0.1) is 11.3 Å². The van der Waals surface area contributed by atoms with Gasteiger partial charge in [0.05, 0.1) is 6.42 Å². The summed E-state index contributed by atoms with van der Waals surface area (Å²) in [7, 11) is 1.62. The number of hydrogen-bond donors (Lipinski definition) is 0. The van der Waals surface area contributed by atoms with Crippen LogP contribution in [0.2, 0.25) is 0 Å². The number of Topliss-reactive ketones (excluding diaryl/α,β-unsaturated/α-hetero) is 1. The number of nitrogens with zero attached hydrogens (tertiary/aromatic N) is 1. The third kappa shape index (κ3) is 2.63. The predicted molar refractivity (Wildman–Crippen MR) is 59.1 cm³/mol. The first-order valence-corrected chi connectivity index (χ1v) is 6.05. The molecule has 0 saturated heterocycles. The van der Waals surface area contributed by atoms with Crippen LogP contribution in [0.15, 0.2) is 5.38 Å². The van der Waals surface area contributed by atoms with E-state index in [0.717, 1.165) is 23.5 Å². The van der Waals surface area contributed by atoms with Crippen molar-refractivity contribution >= 4 is 17.1 Å². The van der Waals surface area contributed by atoms with Gasteiger partial charge in [0.15, 0.2) is 5.78 Å². The van der Waals surface area contributed by atoms with E-state index in [-0.39, 0.29) is 11.9 Å². The lowest BCUT2D eigenvalue weighted by Gasteiger charge is -2.11. The van der Waals surface area contributed by atoms with Crippen molar-refractivity contribution in [2.24, 2.45) is 5.92 Å². The van der Waals surface area contributed by atoms with E-state index in [1.54, 1.807) is 18.4 Å². The van der Waals surface area contributed by atoms with Crippen molar-refractivity contribution in [2.75, 3.05) is 7.11 Å². The van der Waals surface area contributed by atoms with Gasteiger partial charge in [-0.25, -0.2) is 4.98 Å². The smallest absolute Gasteiger partial charge is 0.168 e. The SMILES string of the molecule is COC(C(=O)Cc1nc(C)cs1)C1CC1. The quantitative estimate of drug-likeness (QED) is 0.769. The second kappa shape index (κ2) is 4.41. The number of rotatable bonds is 5. The van der Waals surface area contributed by atoms with Gasteiger partial charge >= 0.3 is 0 Å². The molecule has 0 spiro atoms. The normalized spacial score (nSPS) is 17.7. The molecule has 1 unspecified atom stereocenters. The maximum absolute atomic E-state index is 11.9. The van der Waals surface area contributed by atoms with E-state index in [9.17, 15) is 4.79 Å². The largest absolute Gasteiger partial charge is 0.373 e. The minimum absolute atomic E-state index is 0.175. The second-order valence-corrected chi connectivity index (χ2v) is 4.96. The van der Waals surface area contributed by atoms with Crippen LogP contribution in [0.25, 0.3) is 0 Å². The molecule has 1 saturated carbocycles. The van der Waals surface area contributed by atoms with Crippen LogP contribution in [0.4, 0.5) is 0 Å². The summed E-state index contributed by atoms with van der Waals surface area (Å²) in [6.45, 7) is 1.94. The number of carbonyl (C=O) groups excluding carboxylic acids is 1. The Kier molecular flexibility index (Phi) is 3.17. The average molecular weight is 225 g/mol. The van der Waals surface area contributed by atoms with E-state index in [2.05, 4.69) is 4.98 Å². The van der Waals surface area contributed by atoms with E-state index in [4.69, 9.17) is 4.74 Å². The molecule has 0 amide bonds. The van der Waals surface area contributed by atoms with E-state index in [1.165, 1.54) is 0 Å². The van der Waals surface area contributed by atoms with Gasteiger partial charge < -0.3 is 4.74 Å². The number of methoxy groups -OCH3 is 1. The average Bonchev–Trinajstić information content (AvgIpc) is 2.93. The maximum atomic E-state index is 11.9. The Bertz CT molecular complexity index is 357. The highest BCUT2D eigenvalue weighted by Crippen LogP contribution is 2.35. The lowest BCUT2D eigenvalue weighted by Crippen LogP contribution is -2.26. The maximum Gasteiger partial charge on any atom is 0.168 e. The van der Waals surface area contributed by atoms with Gasteiger partial charge in [-0.2, -0.15) is 0 Å². The fourth-order valence-electron chi connectivity index (χ4n) is 1.72. The highest BCUT2D eigenvalue weighted by molar-refractivity contribution is 7.09. The molecule has 1 aromatic heterocycles. The molecule has 1 heterocycles. The Morgan fingerprint density at radius 3 is 2.93 bits per heavy atom. The van der Waals surface area contributed by atoms with Crippen LogP contribution >= 0.6 is 11.3 Å². The minimum Gasteiger partial charge on any atom is -0.373 e. The summed E-state index contributed by atoms with van der Waals surface area (Å²) < 4.78 is 5.24. The third-order valence-corrected chi connectivity index (χ3v) is 3.58. The molecule has 0 aromatic carbocycles. The number of aryl methyl sites for hydroxylation is 1. The van der Waals surface area contributed by atoms with Crippen molar-refractivity contribution in [3.63, 3.8) is 0 Å². The molecular weight excluding hydrogens is 210 g/mol. The predicted octanol–water partition coefficient (Wildman–Crippen LogP) is 1.99. The molecule has 0 N–H and O–H groups in total.